The van der Waals surface area contributed by atoms with E-state index in [1.165, 1.54) is 0 Å². The van der Waals surface area contributed by atoms with Gasteiger partial charge >= 0.3 is 0 Å². The van der Waals surface area contributed by atoms with Crippen molar-refractivity contribution >= 4 is 23.4 Å². The lowest BCUT2D eigenvalue weighted by atomic mass is 10.0. The number of benzene rings is 2. The molecule has 4 rings (SSSR count). The van der Waals surface area contributed by atoms with Crippen LogP contribution in [0.25, 0.3) is 0 Å². The molecule has 1 saturated heterocycles. The van der Waals surface area contributed by atoms with Crippen molar-refractivity contribution < 1.29 is 14.4 Å². The van der Waals surface area contributed by atoms with Crippen LogP contribution in [0.1, 0.15) is 39.9 Å². The zero-order valence-corrected chi connectivity index (χ0v) is 15.4. The Kier molecular flexibility index (Phi) is 4.83. The summed E-state index contributed by atoms with van der Waals surface area (Å²) >= 11 is 0. The summed E-state index contributed by atoms with van der Waals surface area (Å²) in [6.45, 7) is 1.37. The molecule has 3 amide bonds. The molecule has 0 radical (unpaired) electrons. The number of amides is 3. The Morgan fingerprint density at radius 1 is 1.07 bits per heavy atom. The van der Waals surface area contributed by atoms with E-state index in [0.717, 1.165) is 22.4 Å². The third-order valence-electron chi connectivity index (χ3n) is 5.39. The van der Waals surface area contributed by atoms with Crippen molar-refractivity contribution in [2.24, 2.45) is 5.73 Å². The smallest absolute Gasteiger partial charge is 0.255 e. The fourth-order valence-electron chi connectivity index (χ4n) is 3.88. The summed E-state index contributed by atoms with van der Waals surface area (Å²) < 4.78 is 0. The molecule has 2 aliphatic rings. The molecule has 28 heavy (non-hydrogen) atoms. The fourth-order valence-corrected chi connectivity index (χ4v) is 3.88. The lowest BCUT2D eigenvalue weighted by Gasteiger charge is -2.29. The van der Waals surface area contributed by atoms with Crippen molar-refractivity contribution in [1.29, 1.82) is 0 Å². The van der Waals surface area contributed by atoms with E-state index >= 15 is 0 Å². The Bertz CT molecular complexity index is 956. The molecule has 1 unspecified atom stereocenters. The molecule has 2 heterocycles. The van der Waals surface area contributed by atoms with Crippen molar-refractivity contribution in [2.75, 3.05) is 5.32 Å². The third kappa shape index (κ3) is 3.25. The number of carbonyl (C=O) groups is 3. The second-order valence-electron chi connectivity index (χ2n) is 7.06. The number of imide groups is 1. The number of anilines is 1. The van der Waals surface area contributed by atoms with Crippen LogP contribution in [-0.4, -0.2) is 28.7 Å². The van der Waals surface area contributed by atoms with Gasteiger partial charge in [-0.15, -0.1) is 0 Å². The number of para-hydroxylation sites is 1. The summed E-state index contributed by atoms with van der Waals surface area (Å²) in [5.74, 6) is -0.837. The average Bonchev–Trinajstić information content (AvgIpc) is 3.04. The van der Waals surface area contributed by atoms with Gasteiger partial charge in [0.15, 0.2) is 0 Å². The summed E-state index contributed by atoms with van der Waals surface area (Å²) in [7, 11) is 0. The van der Waals surface area contributed by atoms with Crippen LogP contribution in [-0.2, 0) is 29.2 Å². The maximum absolute atomic E-state index is 12.9. The molecule has 7 heteroatoms. The van der Waals surface area contributed by atoms with Crippen LogP contribution in [0.3, 0.4) is 0 Å². The quantitative estimate of drug-likeness (QED) is 0.684. The molecular formula is C21H22N4O3. The van der Waals surface area contributed by atoms with E-state index in [1.807, 2.05) is 36.4 Å². The van der Waals surface area contributed by atoms with Gasteiger partial charge in [-0.05, 0) is 35.2 Å². The molecule has 144 valence electrons. The van der Waals surface area contributed by atoms with E-state index in [4.69, 9.17) is 5.73 Å². The normalized spacial score (nSPS) is 18.8. The third-order valence-corrected chi connectivity index (χ3v) is 5.39. The molecule has 1 fully saturated rings. The summed E-state index contributed by atoms with van der Waals surface area (Å²) in [6, 6.07) is 12.9. The Hall–Kier alpha value is -3.19. The number of rotatable bonds is 5. The van der Waals surface area contributed by atoms with Gasteiger partial charge in [0.2, 0.25) is 11.8 Å². The minimum absolute atomic E-state index is 0.159. The predicted molar refractivity (Wildman–Crippen MR) is 104 cm³/mol. The number of nitrogens with two attached hydrogens (primary N) is 1. The summed E-state index contributed by atoms with van der Waals surface area (Å²) in [5, 5.41) is 5.73. The Balaban J connectivity index is 1.54. The highest BCUT2D eigenvalue weighted by Crippen LogP contribution is 2.30. The Morgan fingerprint density at radius 2 is 1.86 bits per heavy atom. The number of hydrogen-bond acceptors (Lipinski definition) is 5. The summed E-state index contributed by atoms with van der Waals surface area (Å²) in [5.41, 5.74) is 10.3. The highest BCUT2D eigenvalue weighted by Gasteiger charge is 2.39. The zero-order valence-electron chi connectivity index (χ0n) is 15.4. The molecule has 0 aliphatic carbocycles. The molecule has 2 aliphatic heterocycles. The maximum atomic E-state index is 12.9. The number of nitrogens with one attached hydrogen (secondary N) is 2. The van der Waals surface area contributed by atoms with Gasteiger partial charge in [0.05, 0.1) is 0 Å². The van der Waals surface area contributed by atoms with Gasteiger partial charge < -0.3 is 16.0 Å². The van der Waals surface area contributed by atoms with Gasteiger partial charge in [0.1, 0.15) is 6.04 Å². The van der Waals surface area contributed by atoms with Crippen LogP contribution in [0.2, 0.25) is 0 Å². The highest BCUT2D eigenvalue weighted by molar-refractivity contribution is 6.05. The van der Waals surface area contributed by atoms with E-state index < -0.39 is 11.9 Å². The molecule has 2 aromatic carbocycles. The number of piperidine rings is 1. The van der Waals surface area contributed by atoms with Crippen LogP contribution in [0, 0.1) is 0 Å². The second-order valence-corrected chi connectivity index (χ2v) is 7.06. The first-order chi connectivity index (χ1) is 13.6. The predicted octanol–water partition coefficient (Wildman–Crippen LogP) is 1.52. The number of fused-ring (bicyclic) bond motifs is 1. The van der Waals surface area contributed by atoms with Crippen molar-refractivity contribution in [3.05, 3.63) is 64.7 Å². The van der Waals surface area contributed by atoms with Crippen LogP contribution in [0.4, 0.5) is 5.69 Å². The van der Waals surface area contributed by atoms with Gasteiger partial charge in [-0.2, -0.15) is 0 Å². The van der Waals surface area contributed by atoms with Crippen LogP contribution < -0.4 is 16.4 Å². The zero-order chi connectivity index (χ0) is 19.7. The van der Waals surface area contributed by atoms with E-state index in [0.29, 0.717) is 31.6 Å². The molecule has 4 N–H and O–H groups in total. The van der Waals surface area contributed by atoms with Gasteiger partial charge in [-0.3, -0.25) is 19.7 Å². The molecule has 0 aromatic heterocycles. The lowest BCUT2D eigenvalue weighted by molar-refractivity contribution is -0.136. The molecule has 1 atom stereocenters. The maximum Gasteiger partial charge on any atom is 0.255 e. The first kappa shape index (κ1) is 18.2. The van der Waals surface area contributed by atoms with Gasteiger partial charge in [0.25, 0.3) is 5.91 Å². The highest BCUT2D eigenvalue weighted by atomic mass is 16.2. The average molecular weight is 378 g/mol. The summed E-state index contributed by atoms with van der Waals surface area (Å²) in [6.07, 6.45) is 0.614. The van der Waals surface area contributed by atoms with Crippen LogP contribution >= 0.6 is 0 Å². The Labute approximate surface area is 162 Å². The van der Waals surface area contributed by atoms with E-state index in [-0.39, 0.29) is 18.2 Å². The monoisotopic (exact) mass is 378 g/mol. The van der Waals surface area contributed by atoms with E-state index in [9.17, 15) is 14.4 Å². The van der Waals surface area contributed by atoms with Crippen molar-refractivity contribution in [1.82, 2.24) is 10.2 Å². The number of nitrogens with zero attached hydrogens (tertiary/aromatic N) is 1. The minimum Gasteiger partial charge on any atom is -0.381 e. The molecule has 0 bridgehead atoms. The molecule has 0 saturated carbocycles. The van der Waals surface area contributed by atoms with Crippen molar-refractivity contribution in [3.63, 3.8) is 0 Å². The van der Waals surface area contributed by atoms with E-state index in [1.54, 1.807) is 11.0 Å². The van der Waals surface area contributed by atoms with Crippen LogP contribution in [0.15, 0.2) is 42.5 Å². The van der Waals surface area contributed by atoms with Crippen molar-refractivity contribution in [2.45, 2.75) is 38.5 Å². The van der Waals surface area contributed by atoms with Gasteiger partial charge in [-0.25, -0.2) is 0 Å². The van der Waals surface area contributed by atoms with Crippen molar-refractivity contribution in [3.8, 4) is 0 Å². The van der Waals surface area contributed by atoms with Crippen LogP contribution in [0.5, 0.6) is 0 Å². The van der Waals surface area contributed by atoms with Gasteiger partial charge in [0, 0.05) is 37.3 Å². The first-order valence-corrected chi connectivity index (χ1v) is 9.35. The number of carbonyl (C=O) groups excluding carboxylic acids is 3. The largest absolute Gasteiger partial charge is 0.381 e. The molecule has 7 nitrogen and oxygen atoms in total. The van der Waals surface area contributed by atoms with E-state index in [2.05, 4.69) is 10.6 Å². The fraction of sp³-hybridized carbons (Fsp3) is 0.286. The first-order valence-electron chi connectivity index (χ1n) is 9.35. The second kappa shape index (κ2) is 7.44. The lowest BCUT2D eigenvalue weighted by Crippen LogP contribution is -2.52. The molecular weight excluding hydrogens is 356 g/mol. The standard InChI is InChI=1S/C21H22N4O3/c22-10-13-4-1-2-7-17(13)23-11-14-5-3-6-15-16(14)12-25(21(15)28)18-8-9-19(26)24-20(18)27/h1-7,18,23H,8-12,22H2,(H,24,26,27). The van der Waals surface area contributed by atoms with Gasteiger partial charge in [-0.1, -0.05) is 30.3 Å². The SMILES string of the molecule is NCc1ccccc1NCc1cccc2c1CN(C1CCC(=O)NC1=O)C2=O. The molecule has 2 aromatic rings. The molecule has 0 spiro atoms. The topological polar surface area (TPSA) is 105 Å². The number of hydrogen-bond donors (Lipinski definition) is 3. The Morgan fingerprint density at radius 3 is 2.64 bits per heavy atom. The minimum atomic E-state index is -0.601. The summed E-state index contributed by atoms with van der Waals surface area (Å²) in [4.78, 5) is 38.1.